The van der Waals surface area contributed by atoms with Crippen molar-refractivity contribution in [3.63, 3.8) is 0 Å². The Morgan fingerprint density at radius 3 is 2.63 bits per heavy atom. The monoisotopic (exact) mass is 307 g/mol. The number of hydrogen-bond acceptors (Lipinski definition) is 4. The lowest BCUT2D eigenvalue weighted by Crippen LogP contribution is -2.48. The van der Waals surface area contributed by atoms with Crippen molar-refractivity contribution in [1.82, 2.24) is 13.9 Å². The Balaban J connectivity index is 2.43. The fraction of sp³-hybridized carbons (Fsp3) is 0.727. The molecular formula is C11H18ClN3O3S. The molecule has 2 heterocycles. The lowest BCUT2D eigenvalue weighted by Gasteiger charge is -2.32. The second-order valence-corrected chi connectivity index (χ2v) is 7.54. The first-order chi connectivity index (χ1) is 8.65. The van der Waals surface area contributed by atoms with Gasteiger partial charge in [-0.25, -0.2) is 13.4 Å². The molecule has 0 aliphatic carbocycles. The first-order valence-electron chi connectivity index (χ1n) is 6.06. The minimum atomic E-state index is -3.77. The van der Waals surface area contributed by atoms with E-state index in [1.54, 1.807) is 20.9 Å². The summed E-state index contributed by atoms with van der Waals surface area (Å²) < 4.78 is 27.9. The minimum absolute atomic E-state index is 0.0846. The number of sulfonamides is 1. The fourth-order valence-corrected chi connectivity index (χ4v) is 4.62. The molecule has 1 atom stereocenters. The summed E-state index contributed by atoms with van der Waals surface area (Å²) in [6.07, 6.45) is 2.72. The molecule has 1 saturated heterocycles. The van der Waals surface area contributed by atoms with Gasteiger partial charge in [-0.2, -0.15) is 4.31 Å². The Labute approximate surface area is 118 Å². The molecule has 108 valence electrons. The molecule has 1 aromatic rings. The number of hydrogen-bond donors (Lipinski definition) is 1. The lowest BCUT2D eigenvalue weighted by molar-refractivity contribution is 0.0214. The molecule has 0 spiro atoms. The molecule has 0 bridgehead atoms. The molecule has 0 aromatic carbocycles. The van der Waals surface area contributed by atoms with Crippen LogP contribution in [-0.4, -0.2) is 45.6 Å². The van der Waals surface area contributed by atoms with Crippen molar-refractivity contribution in [1.29, 1.82) is 0 Å². The molecule has 19 heavy (non-hydrogen) atoms. The second kappa shape index (κ2) is 4.73. The van der Waals surface area contributed by atoms with Gasteiger partial charge in [0.25, 0.3) is 10.0 Å². The van der Waals surface area contributed by atoms with Crippen LogP contribution in [0.3, 0.4) is 0 Å². The summed E-state index contributed by atoms with van der Waals surface area (Å²) in [5.41, 5.74) is -1.09. The second-order valence-electron chi connectivity index (χ2n) is 5.38. The summed E-state index contributed by atoms with van der Waals surface area (Å²) in [4.78, 5) is 3.87. The zero-order valence-electron chi connectivity index (χ0n) is 11.2. The fourth-order valence-electron chi connectivity index (χ4n) is 2.41. The van der Waals surface area contributed by atoms with E-state index in [0.29, 0.717) is 13.0 Å². The minimum Gasteiger partial charge on any atom is -0.389 e. The number of imidazole rings is 1. The van der Waals surface area contributed by atoms with E-state index in [2.05, 4.69) is 4.98 Å². The number of rotatable bonds is 3. The highest BCUT2D eigenvalue weighted by molar-refractivity contribution is 7.89. The Morgan fingerprint density at radius 2 is 2.16 bits per heavy atom. The smallest absolute Gasteiger partial charge is 0.264 e. The summed E-state index contributed by atoms with van der Waals surface area (Å²) in [7, 11) is -2.14. The molecule has 8 heteroatoms. The third kappa shape index (κ3) is 2.52. The van der Waals surface area contributed by atoms with Crippen molar-refractivity contribution in [2.75, 3.05) is 6.54 Å². The van der Waals surface area contributed by atoms with E-state index < -0.39 is 21.7 Å². The Hall–Kier alpha value is -0.630. The average molecular weight is 308 g/mol. The van der Waals surface area contributed by atoms with Crippen LogP contribution in [0.2, 0.25) is 5.15 Å². The highest BCUT2D eigenvalue weighted by atomic mass is 35.5. The maximum absolute atomic E-state index is 12.6. The molecule has 0 saturated carbocycles. The van der Waals surface area contributed by atoms with Gasteiger partial charge >= 0.3 is 0 Å². The van der Waals surface area contributed by atoms with Gasteiger partial charge in [0.15, 0.2) is 0 Å². The van der Waals surface area contributed by atoms with E-state index in [-0.39, 0.29) is 10.2 Å². The lowest BCUT2D eigenvalue weighted by atomic mass is 9.98. The van der Waals surface area contributed by atoms with Crippen LogP contribution in [0.15, 0.2) is 11.4 Å². The van der Waals surface area contributed by atoms with E-state index in [9.17, 15) is 13.5 Å². The third-order valence-corrected chi connectivity index (χ3v) is 5.81. The van der Waals surface area contributed by atoms with E-state index in [4.69, 9.17) is 11.6 Å². The van der Waals surface area contributed by atoms with Crippen LogP contribution in [0.5, 0.6) is 0 Å². The van der Waals surface area contributed by atoms with Crippen molar-refractivity contribution in [2.45, 2.75) is 43.4 Å². The number of aryl methyl sites for hydroxylation is 1. The summed E-state index contributed by atoms with van der Waals surface area (Å²) in [6, 6.07) is -0.449. The molecule has 0 amide bonds. The predicted molar refractivity (Wildman–Crippen MR) is 71.4 cm³/mol. The molecular weight excluding hydrogens is 290 g/mol. The molecule has 1 aliphatic heterocycles. The van der Waals surface area contributed by atoms with E-state index in [1.807, 2.05) is 0 Å². The first kappa shape index (κ1) is 14.8. The zero-order valence-corrected chi connectivity index (χ0v) is 12.7. The normalized spacial score (nSPS) is 22.1. The number of aliphatic hydroxyl groups is 1. The molecule has 1 unspecified atom stereocenters. The summed E-state index contributed by atoms with van der Waals surface area (Å²) in [5, 5.41) is 10.0. The number of halogens is 1. The van der Waals surface area contributed by atoms with Crippen LogP contribution in [0, 0.1) is 0 Å². The van der Waals surface area contributed by atoms with Crippen molar-refractivity contribution >= 4 is 21.6 Å². The average Bonchev–Trinajstić information content (AvgIpc) is 2.86. The third-order valence-electron chi connectivity index (χ3n) is 3.41. The van der Waals surface area contributed by atoms with Crippen molar-refractivity contribution in [3.8, 4) is 0 Å². The van der Waals surface area contributed by atoms with Gasteiger partial charge in [-0.15, -0.1) is 0 Å². The van der Waals surface area contributed by atoms with Gasteiger partial charge in [0.2, 0.25) is 5.03 Å². The molecule has 2 rings (SSSR count). The molecule has 6 nitrogen and oxygen atoms in total. The summed E-state index contributed by atoms with van der Waals surface area (Å²) >= 11 is 5.97. The van der Waals surface area contributed by atoms with Gasteiger partial charge in [-0.05, 0) is 26.7 Å². The Morgan fingerprint density at radius 1 is 1.53 bits per heavy atom. The van der Waals surface area contributed by atoms with Crippen molar-refractivity contribution in [2.24, 2.45) is 7.05 Å². The van der Waals surface area contributed by atoms with Crippen LogP contribution in [0.4, 0.5) is 0 Å². The maximum atomic E-state index is 12.6. The first-order valence-corrected chi connectivity index (χ1v) is 7.88. The molecule has 1 N–H and O–H groups in total. The van der Waals surface area contributed by atoms with Crippen LogP contribution in [-0.2, 0) is 17.1 Å². The summed E-state index contributed by atoms with van der Waals surface area (Å²) in [6.45, 7) is 3.61. The highest BCUT2D eigenvalue weighted by Gasteiger charge is 2.44. The van der Waals surface area contributed by atoms with Crippen LogP contribution in [0.25, 0.3) is 0 Å². The van der Waals surface area contributed by atoms with E-state index in [1.165, 1.54) is 15.2 Å². The topological polar surface area (TPSA) is 75.4 Å². The Kier molecular flexibility index (Phi) is 3.68. The van der Waals surface area contributed by atoms with Crippen LogP contribution >= 0.6 is 11.6 Å². The molecule has 1 aliphatic rings. The van der Waals surface area contributed by atoms with Gasteiger partial charge in [-0.1, -0.05) is 11.6 Å². The summed E-state index contributed by atoms with van der Waals surface area (Å²) in [5.74, 6) is 0. The van der Waals surface area contributed by atoms with Gasteiger partial charge in [0, 0.05) is 13.6 Å². The van der Waals surface area contributed by atoms with E-state index >= 15 is 0 Å². The van der Waals surface area contributed by atoms with Crippen molar-refractivity contribution in [3.05, 3.63) is 11.5 Å². The number of aromatic nitrogens is 2. The maximum Gasteiger partial charge on any atom is 0.264 e. The molecule has 0 radical (unpaired) electrons. The Bertz CT molecular complexity index is 576. The molecule has 1 fully saturated rings. The standard InChI is InChI=1S/C11H18ClN3O3S/c1-11(2,16)8-5-4-6-15(8)19(17,18)10-9(12)14(3)7-13-10/h7-8,16H,4-6H2,1-3H3. The van der Waals surface area contributed by atoms with E-state index in [0.717, 1.165) is 6.42 Å². The SMILES string of the molecule is Cn1cnc(S(=O)(=O)N2CCCC2C(C)(C)O)c1Cl. The largest absolute Gasteiger partial charge is 0.389 e. The highest BCUT2D eigenvalue weighted by Crippen LogP contribution is 2.33. The van der Waals surface area contributed by atoms with Crippen LogP contribution in [0.1, 0.15) is 26.7 Å². The van der Waals surface area contributed by atoms with Crippen molar-refractivity contribution < 1.29 is 13.5 Å². The quantitative estimate of drug-likeness (QED) is 0.904. The molecule has 1 aromatic heterocycles. The van der Waals surface area contributed by atoms with Crippen LogP contribution < -0.4 is 0 Å². The predicted octanol–water partition coefficient (Wildman–Crippen LogP) is 0.997. The van der Waals surface area contributed by atoms with Gasteiger partial charge in [0.05, 0.1) is 18.0 Å². The number of nitrogens with zero attached hydrogens (tertiary/aromatic N) is 3. The van der Waals surface area contributed by atoms with Gasteiger partial charge < -0.3 is 9.67 Å². The van der Waals surface area contributed by atoms with Gasteiger partial charge in [-0.3, -0.25) is 0 Å². The zero-order chi connectivity index (χ0) is 14.4. The van der Waals surface area contributed by atoms with Gasteiger partial charge in [0.1, 0.15) is 5.15 Å².